The molecule has 1 aromatic heterocycles. The quantitative estimate of drug-likeness (QED) is 0.665. The fraction of sp³-hybridized carbons (Fsp3) is 0.143. The number of amides is 1. The molecule has 108 valence electrons. The zero-order valence-electron chi connectivity index (χ0n) is 11.6. The molecule has 0 bridgehead atoms. The number of hydrogen-bond donors (Lipinski definition) is 2. The molecule has 0 aliphatic rings. The summed E-state index contributed by atoms with van der Waals surface area (Å²) in [6, 6.07) is 8.48. The van der Waals surface area contributed by atoms with Crippen LogP contribution in [0.2, 0.25) is 0 Å². The lowest BCUT2D eigenvalue weighted by Crippen LogP contribution is -2.16. The molecule has 2 N–H and O–H groups in total. The second-order valence-corrected chi connectivity index (χ2v) is 4.37. The average Bonchev–Trinajstić information content (AvgIpc) is 2.48. The third-order valence-corrected chi connectivity index (χ3v) is 2.96. The lowest BCUT2D eigenvalue weighted by atomic mass is 10.1. The summed E-state index contributed by atoms with van der Waals surface area (Å²) in [4.78, 5) is 26.4. The van der Waals surface area contributed by atoms with Gasteiger partial charge in [0.1, 0.15) is 12.0 Å². The summed E-state index contributed by atoms with van der Waals surface area (Å²) in [6.45, 7) is 1.86. The summed E-state index contributed by atoms with van der Waals surface area (Å²) in [7, 11) is 1.60. The number of carbonyl (C=O) groups is 1. The van der Waals surface area contributed by atoms with Gasteiger partial charge in [0.15, 0.2) is 0 Å². The number of nitrogens with zero attached hydrogens (tertiary/aromatic N) is 2. The summed E-state index contributed by atoms with van der Waals surface area (Å²) in [5.74, 6) is -0.170. The molecular formula is C14H14N4O3. The van der Waals surface area contributed by atoms with Crippen molar-refractivity contribution in [3.05, 3.63) is 57.8 Å². The molecule has 0 aliphatic carbocycles. The van der Waals surface area contributed by atoms with E-state index in [-0.39, 0.29) is 17.1 Å². The van der Waals surface area contributed by atoms with E-state index in [0.29, 0.717) is 5.69 Å². The number of aryl methyl sites for hydroxylation is 1. The van der Waals surface area contributed by atoms with E-state index in [1.165, 1.54) is 6.07 Å². The second-order valence-electron chi connectivity index (χ2n) is 4.37. The lowest BCUT2D eigenvalue weighted by Gasteiger charge is -2.10. The summed E-state index contributed by atoms with van der Waals surface area (Å²) >= 11 is 0. The van der Waals surface area contributed by atoms with Crippen LogP contribution in [-0.4, -0.2) is 22.9 Å². The van der Waals surface area contributed by atoms with E-state index in [4.69, 9.17) is 0 Å². The number of nitro groups is 1. The van der Waals surface area contributed by atoms with Crippen molar-refractivity contribution in [1.82, 2.24) is 4.98 Å². The van der Waals surface area contributed by atoms with Crippen molar-refractivity contribution in [3.63, 3.8) is 0 Å². The highest BCUT2D eigenvalue weighted by Crippen LogP contribution is 2.21. The monoisotopic (exact) mass is 286 g/mol. The van der Waals surface area contributed by atoms with Gasteiger partial charge in [0.2, 0.25) is 0 Å². The molecule has 7 nitrogen and oxygen atoms in total. The number of rotatable bonds is 4. The highest BCUT2D eigenvalue weighted by molar-refractivity contribution is 6.08. The van der Waals surface area contributed by atoms with Gasteiger partial charge in [-0.15, -0.1) is 0 Å². The van der Waals surface area contributed by atoms with E-state index < -0.39 is 10.8 Å². The zero-order valence-corrected chi connectivity index (χ0v) is 11.6. The smallest absolute Gasteiger partial charge is 0.288 e. The van der Waals surface area contributed by atoms with Gasteiger partial charge in [-0.3, -0.25) is 14.9 Å². The van der Waals surface area contributed by atoms with Crippen molar-refractivity contribution in [1.29, 1.82) is 0 Å². The molecule has 0 aliphatic heterocycles. The summed E-state index contributed by atoms with van der Waals surface area (Å²) in [6.07, 6.45) is 1.11. The molecule has 0 fully saturated rings. The average molecular weight is 286 g/mol. The topological polar surface area (TPSA) is 97.2 Å². The van der Waals surface area contributed by atoms with E-state index in [1.54, 1.807) is 19.2 Å². The Morgan fingerprint density at radius 1 is 1.33 bits per heavy atom. The van der Waals surface area contributed by atoms with Crippen molar-refractivity contribution in [3.8, 4) is 0 Å². The number of pyridine rings is 1. The minimum atomic E-state index is -0.586. The zero-order chi connectivity index (χ0) is 15.4. The van der Waals surface area contributed by atoms with Crippen LogP contribution in [-0.2, 0) is 0 Å². The second kappa shape index (κ2) is 6.00. The van der Waals surface area contributed by atoms with Crippen LogP contribution in [0.15, 0.2) is 36.5 Å². The molecule has 0 saturated heterocycles. The molecule has 1 aromatic carbocycles. The van der Waals surface area contributed by atoms with Crippen molar-refractivity contribution in [2.45, 2.75) is 6.92 Å². The van der Waals surface area contributed by atoms with E-state index in [1.807, 2.05) is 19.1 Å². The first-order valence-corrected chi connectivity index (χ1v) is 6.22. The normalized spacial score (nSPS) is 10.0. The molecule has 1 heterocycles. The molecular weight excluding hydrogens is 272 g/mol. The Kier molecular flexibility index (Phi) is 4.13. The molecule has 0 unspecified atom stereocenters. The van der Waals surface area contributed by atoms with Crippen LogP contribution in [0.5, 0.6) is 0 Å². The lowest BCUT2D eigenvalue weighted by molar-refractivity contribution is -0.385. The number of carbonyl (C=O) groups excluding carboxylic acids is 1. The van der Waals surface area contributed by atoms with Gasteiger partial charge in [0, 0.05) is 18.8 Å². The van der Waals surface area contributed by atoms with Gasteiger partial charge in [0.25, 0.3) is 11.6 Å². The number of anilines is 2. The maximum atomic E-state index is 12.3. The van der Waals surface area contributed by atoms with Crippen LogP contribution in [0.3, 0.4) is 0 Å². The highest BCUT2D eigenvalue weighted by Gasteiger charge is 2.18. The molecule has 0 radical (unpaired) electrons. The number of hydrogen-bond acceptors (Lipinski definition) is 5. The van der Waals surface area contributed by atoms with E-state index in [2.05, 4.69) is 15.6 Å². The van der Waals surface area contributed by atoms with Gasteiger partial charge in [-0.25, -0.2) is 4.98 Å². The molecule has 2 rings (SSSR count). The molecule has 0 atom stereocenters. The molecule has 1 amide bonds. The van der Waals surface area contributed by atoms with Gasteiger partial charge in [-0.05, 0) is 18.6 Å². The molecule has 2 aromatic rings. The highest BCUT2D eigenvalue weighted by atomic mass is 16.6. The third kappa shape index (κ3) is 3.14. The molecule has 0 saturated carbocycles. The maximum Gasteiger partial charge on any atom is 0.288 e. The summed E-state index contributed by atoms with van der Waals surface area (Å²) in [5, 5.41) is 16.3. The Labute approximate surface area is 121 Å². The van der Waals surface area contributed by atoms with Crippen molar-refractivity contribution in [2.24, 2.45) is 0 Å². The van der Waals surface area contributed by atoms with Gasteiger partial charge in [-0.1, -0.05) is 18.2 Å². The molecule has 7 heteroatoms. The predicted molar refractivity (Wildman–Crippen MR) is 79.6 cm³/mol. The Morgan fingerprint density at radius 3 is 2.67 bits per heavy atom. The third-order valence-electron chi connectivity index (χ3n) is 2.96. The fourth-order valence-corrected chi connectivity index (χ4v) is 1.83. The molecule has 0 spiro atoms. The van der Waals surface area contributed by atoms with E-state index in [9.17, 15) is 14.9 Å². The van der Waals surface area contributed by atoms with Gasteiger partial charge >= 0.3 is 0 Å². The van der Waals surface area contributed by atoms with Gasteiger partial charge in [0.05, 0.1) is 10.5 Å². The first-order chi connectivity index (χ1) is 10.0. The summed E-state index contributed by atoms with van der Waals surface area (Å²) < 4.78 is 0. The minimum Gasteiger partial charge on any atom is -0.372 e. The van der Waals surface area contributed by atoms with Crippen molar-refractivity contribution in [2.75, 3.05) is 17.7 Å². The van der Waals surface area contributed by atoms with Gasteiger partial charge < -0.3 is 10.6 Å². The number of para-hydroxylation sites is 1. The number of benzene rings is 1. The van der Waals surface area contributed by atoms with Gasteiger partial charge in [-0.2, -0.15) is 0 Å². The van der Waals surface area contributed by atoms with Crippen molar-refractivity contribution >= 4 is 23.1 Å². The maximum absolute atomic E-state index is 12.3. The number of aromatic nitrogens is 1. The predicted octanol–water partition coefficient (Wildman–Crippen LogP) is 2.59. The SMILES string of the molecule is CNc1ncc([N+](=O)[O-])cc1C(=O)Nc1ccccc1C. The van der Waals surface area contributed by atoms with Crippen LogP contribution in [0.25, 0.3) is 0 Å². The fourth-order valence-electron chi connectivity index (χ4n) is 1.83. The summed E-state index contributed by atoms with van der Waals surface area (Å²) in [5.41, 5.74) is 1.44. The standard InChI is InChI=1S/C14H14N4O3/c1-9-5-3-4-6-12(9)17-14(19)11-7-10(18(20)21)8-16-13(11)15-2/h3-8H,1-2H3,(H,15,16)(H,17,19). The van der Waals surface area contributed by atoms with E-state index in [0.717, 1.165) is 11.8 Å². The Morgan fingerprint density at radius 2 is 2.05 bits per heavy atom. The Balaban J connectivity index is 2.36. The van der Waals surface area contributed by atoms with Crippen LogP contribution in [0.4, 0.5) is 17.2 Å². The Hall–Kier alpha value is -2.96. The van der Waals surface area contributed by atoms with Crippen LogP contribution >= 0.6 is 0 Å². The molecule has 21 heavy (non-hydrogen) atoms. The minimum absolute atomic E-state index is 0.120. The Bertz CT molecular complexity index is 700. The van der Waals surface area contributed by atoms with Crippen LogP contribution in [0.1, 0.15) is 15.9 Å². The van der Waals surface area contributed by atoms with Crippen molar-refractivity contribution < 1.29 is 9.72 Å². The van der Waals surface area contributed by atoms with Crippen LogP contribution in [0, 0.1) is 17.0 Å². The largest absolute Gasteiger partial charge is 0.372 e. The van der Waals surface area contributed by atoms with E-state index >= 15 is 0 Å². The first kappa shape index (κ1) is 14.4. The van der Waals surface area contributed by atoms with Crippen LogP contribution < -0.4 is 10.6 Å². The first-order valence-electron chi connectivity index (χ1n) is 6.22. The number of nitrogens with one attached hydrogen (secondary N) is 2.